The molecule has 136 valence electrons. The van der Waals surface area contributed by atoms with Crippen LogP contribution in [0.3, 0.4) is 0 Å². The number of hydrogen-bond acceptors (Lipinski definition) is 6. The largest absolute Gasteiger partial charge is 0.496 e. The standard InChI is InChI=1S/C20H16FN3O3/c1-12-16(22-20(26-12)15-8-3-4-9-17(15)25-2)11-18-23-19(27-24-18)13-6-5-7-14(21)10-13/h3-10H,11H2,1-2H3. The molecule has 2 heterocycles. The number of rotatable bonds is 5. The van der Waals surface area contributed by atoms with Crippen molar-refractivity contribution in [1.82, 2.24) is 15.1 Å². The van der Waals surface area contributed by atoms with Crippen LogP contribution in [0, 0.1) is 12.7 Å². The van der Waals surface area contributed by atoms with E-state index in [2.05, 4.69) is 15.1 Å². The summed E-state index contributed by atoms with van der Waals surface area (Å²) in [7, 11) is 1.60. The predicted octanol–water partition coefficient (Wildman–Crippen LogP) is 4.44. The van der Waals surface area contributed by atoms with Crippen molar-refractivity contribution in [1.29, 1.82) is 0 Å². The maximum Gasteiger partial charge on any atom is 0.258 e. The van der Waals surface area contributed by atoms with Crippen molar-refractivity contribution < 1.29 is 18.1 Å². The lowest BCUT2D eigenvalue weighted by molar-refractivity contribution is 0.414. The number of aromatic nitrogens is 3. The highest BCUT2D eigenvalue weighted by Gasteiger charge is 2.18. The molecule has 2 aromatic heterocycles. The van der Waals surface area contributed by atoms with E-state index in [1.54, 1.807) is 19.2 Å². The van der Waals surface area contributed by atoms with Crippen LogP contribution in [-0.2, 0) is 6.42 Å². The van der Waals surface area contributed by atoms with E-state index in [4.69, 9.17) is 13.7 Å². The van der Waals surface area contributed by atoms with Gasteiger partial charge in [-0.05, 0) is 37.3 Å². The Morgan fingerprint density at radius 3 is 2.70 bits per heavy atom. The second-order valence-electron chi connectivity index (χ2n) is 5.93. The summed E-state index contributed by atoms with van der Waals surface area (Å²) in [5.74, 6) is 2.15. The first-order chi connectivity index (χ1) is 13.1. The first-order valence-electron chi connectivity index (χ1n) is 8.32. The number of aryl methyl sites for hydroxylation is 1. The van der Waals surface area contributed by atoms with Gasteiger partial charge in [0, 0.05) is 5.56 Å². The van der Waals surface area contributed by atoms with E-state index in [-0.39, 0.29) is 11.7 Å². The fourth-order valence-electron chi connectivity index (χ4n) is 2.74. The molecular formula is C20H16FN3O3. The normalized spacial score (nSPS) is 10.9. The molecule has 0 unspecified atom stereocenters. The van der Waals surface area contributed by atoms with Crippen LogP contribution in [0.5, 0.6) is 5.75 Å². The molecule has 0 saturated carbocycles. The lowest BCUT2D eigenvalue weighted by Crippen LogP contribution is -1.94. The zero-order valence-electron chi connectivity index (χ0n) is 14.8. The van der Waals surface area contributed by atoms with Gasteiger partial charge in [-0.2, -0.15) is 4.98 Å². The minimum absolute atomic E-state index is 0.260. The van der Waals surface area contributed by atoms with E-state index >= 15 is 0 Å². The van der Waals surface area contributed by atoms with Gasteiger partial charge in [0.15, 0.2) is 5.82 Å². The van der Waals surface area contributed by atoms with Gasteiger partial charge in [0.2, 0.25) is 5.89 Å². The van der Waals surface area contributed by atoms with E-state index in [0.29, 0.717) is 40.9 Å². The molecule has 0 amide bonds. The fourth-order valence-corrected chi connectivity index (χ4v) is 2.74. The van der Waals surface area contributed by atoms with Gasteiger partial charge in [0.25, 0.3) is 5.89 Å². The van der Waals surface area contributed by atoms with Gasteiger partial charge in [-0.15, -0.1) is 0 Å². The fraction of sp³-hybridized carbons (Fsp3) is 0.150. The molecule has 0 bridgehead atoms. The quantitative estimate of drug-likeness (QED) is 0.521. The van der Waals surface area contributed by atoms with Crippen LogP contribution in [0.25, 0.3) is 22.9 Å². The number of oxazole rings is 1. The predicted molar refractivity (Wildman–Crippen MR) is 95.7 cm³/mol. The molecule has 0 fully saturated rings. The Morgan fingerprint density at radius 2 is 1.89 bits per heavy atom. The molecule has 0 N–H and O–H groups in total. The maximum absolute atomic E-state index is 13.4. The Labute approximate surface area is 154 Å². The minimum Gasteiger partial charge on any atom is -0.496 e. The summed E-state index contributed by atoms with van der Waals surface area (Å²) >= 11 is 0. The van der Waals surface area contributed by atoms with Gasteiger partial charge in [0.1, 0.15) is 17.3 Å². The minimum atomic E-state index is -0.360. The molecule has 0 aliphatic rings. The molecular weight excluding hydrogens is 349 g/mol. The summed E-state index contributed by atoms with van der Waals surface area (Å²) in [6.07, 6.45) is 0.337. The van der Waals surface area contributed by atoms with E-state index < -0.39 is 0 Å². The van der Waals surface area contributed by atoms with Crippen molar-refractivity contribution in [2.45, 2.75) is 13.3 Å². The molecule has 27 heavy (non-hydrogen) atoms. The summed E-state index contributed by atoms with van der Waals surface area (Å²) in [5, 5.41) is 3.96. The van der Waals surface area contributed by atoms with Crippen LogP contribution < -0.4 is 4.74 Å². The van der Waals surface area contributed by atoms with Crippen LogP contribution in [0.4, 0.5) is 4.39 Å². The number of halogens is 1. The van der Waals surface area contributed by atoms with Gasteiger partial charge in [0.05, 0.1) is 24.8 Å². The van der Waals surface area contributed by atoms with Crippen molar-refractivity contribution in [2.75, 3.05) is 7.11 Å². The molecule has 0 radical (unpaired) electrons. The van der Waals surface area contributed by atoms with Gasteiger partial charge >= 0.3 is 0 Å². The highest BCUT2D eigenvalue weighted by molar-refractivity contribution is 5.63. The first kappa shape index (κ1) is 17.0. The third-order valence-corrected chi connectivity index (χ3v) is 4.10. The molecule has 2 aromatic carbocycles. The number of nitrogens with zero attached hydrogens (tertiary/aromatic N) is 3. The van der Waals surface area contributed by atoms with Crippen molar-refractivity contribution in [3.05, 3.63) is 71.6 Å². The monoisotopic (exact) mass is 365 g/mol. The van der Waals surface area contributed by atoms with Crippen LogP contribution in [0.1, 0.15) is 17.3 Å². The highest BCUT2D eigenvalue weighted by Crippen LogP contribution is 2.30. The van der Waals surface area contributed by atoms with Gasteiger partial charge in [-0.1, -0.05) is 23.4 Å². The van der Waals surface area contributed by atoms with E-state index in [1.807, 2.05) is 31.2 Å². The Balaban J connectivity index is 1.60. The van der Waals surface area contributed by atoms with E-state index in [1.165, 1.54) is 12.1 Å². The lowest BCUT2D eigenvalue weighted by atomic mass is 10.2. The SMILES string of the molecule is COc1ccccc1-c1nc(Cc2noc(-c3cccc(F)c3)n2)c(C)o1. The Morgan fingerprint density at radius 1 is 1.04 bits per heavy atom. The lowest BCUT2D eigenvalue weighted by Gasteiger charge is -2.03. The van der Waals surface area contributed by atoms with Crippen molar-refractivity contribution in [3.63, 3.8) is 0 Å². The van der Waals surface area contributed by atoms with Gasteiger partial charge < -0.3 is 13.7 Å². The Bertz CT molecular complexity index is 1090. The summed E-state index contributed by atoms with van der Waals surface area (Å²) in [6, 6.07) is 13.5. The van der Waals surface area contributed by atoms with Crippen LogP contribution in [-0.4, -0.2) is 22.2 Å². The topological polar surface area (TPSA) is 74.2 Å². The number of ether oxygens (including phenoxy) is 1. The highest BCUT2D eigenvalue weighted by atomic mass is 19.1. The molecule has 0 aliphatic carbocycles. The maximum atomic E-state index is 13.4. The molecule has 0 aliphatic heterocycles. The van der Waals surface area contributed by atoms with Crippen LogP contribution >= 0.6 is 0 Å². The zero-order chi connectivity index (χ0) is 18.8. The van der Waals surface area contributed by atoms with Crippen LogP contribution in [0.2, 0.25) is 0 Å². The number of benzene rings is 2. The summed E-state index contributed by atoms with van der Waals surface area (Å²) < 4.78 is 29.8. The summed E-state index contributed by atoms with van der Waals surface area (Å²) in [4.78, 5) is 8.87. The number of para-hydroxylation sites is 1. The van der Waals surface area contributed by atoms with E-state index in [0.717, 1.165) is 5.56 Å². The molecule has 4 rings (SSSR count). The average molecular weight is 365 g/mol. The van der Waals surface area contributed by atoms with E-state index in [9.17, 15) is 4.39 Å². The third kappa shape index (κ3) is 3.44. The van der Waals surface area contributed by atoms with Crippen LogP contribution in [0.15, 0.2) is 57.5 Å². The second-order valence-corrected chi connectivity index (χ2v) is 5.93. The summed E-state index contributed by atoms with van der Waals surface area (Å²) in [6.45, 7) is 1.83. The Hall–Kier alpha value is -3.48. The number of hydrogen-bond donors (Lipinski definition) is 0. The molecule has 7 heteroatoms. The smallest absolute Gasteiger partial charge is 0.258 e. The van der Waals surface area contributed by atoms with Crippen molar-refractivity contribution >= 4 is 0 Å². The second kappa shape index (κ2) is 7.03. The van der Waals surface area contributed by atoms with Gasteiger partial charge in [-0.3, -0.25) is 0 Å². The number of methoxy groups -OCH3 is 1. The summed E-state index contributed by atoms with van der Waals surface area (Å²) in [5.41, 5.74) is 1.99. The Kier molecular flexibility index (Phi) is 4.42. The third-order valence-electron chi connectivity index (χ3n) is 4.10. The van der Waals surface area contributed by atoms with Gasteiger partial charge in [-0.25, -0.2) is 9.37 Å². The zero-order valence-corrected chi connectivity index (χ0v) is 14.8. The first-order valence-corrected chi connectivity index (χ1v) is 8.32. The molecule has 0 saturated heterocycles. The van der Waals surface area contributed by atoms with Crippen molar-refractivity contribution in [3.8, 4) is 28.7 Å². The molecule has 6 nitrogen and oxygen atoms in total. The molecule has 0 spiro atoms. The molecule has 4 aromatic rings. The average Bonchev–Trinajstić information content (AvgIpc) is 3.29. The molecule has 0 atom stereocenters. The van der Waals surface area contributed by atoms with Crippen molar-refractivity contribution in [2.24, 2.45) is 0 Å².